The average molecular weight is 361 g/mol. The highest BCUT2D eigenvalue weighted by Crippen LogP contribution is 2.33. The standard InChI is InChI=1S/C18H23N3O5/c1-9-11(21-17(25)26-18(3,4)5)6-7-12-15(9)13(22)8-14(20-12)19-10(2)16(23)24/h6-7,10H,8H2,1-5H3,(H,19,20)(H,21,25)(H,23,24)/t10-/m0/s1. The van der Waals surface area contributed by atoms with Crippen molar-refractivity contribution in [2.45, 2.75) is 52.7 Å². The first kappa shape index (κ1) is 19.4. The van der Waals surface area contributed by atoms with Crippen LogP contribution >= 0.6 is 0 Å². The Morgan fingerprint density at radius 2 is 1.96 bits per heavy atom. The Kier molecular flexibility index (Phi) is 5.34. The summed E-state index contributed by atoms with van der Waals surface area (Å²) in [7, 11) is 0. The van der Waals surface area contributed by atoms with Crippen molar-refractivity contribution in [2.24, 2.45) is 4.99 Å². The molecule has 2 rings (SSSR count). The number of fused-ring (bicyclic) bond motifs is 1. The molecule has 0 saturated heterocycles. The Balaban J connectivity index is 2.27. The lowest BCUT2D eigenvalue weighted by Crippen LogP contribution is -2.40. The van der Waals surface area contributed by atoms with E-state index in [1.165, 1.54) is 6.92 Å². The van der Waals surface area contributed by atoms with E-state index in [1.807, 2.05) is 0 Å². The summed E-state index contributed by atoms with van der Waals surface area (Å²) in [6.45, 7) is 8.48. The van der Waals surface area contributed by atoms with Crippen molar-refractivity contribution >= 4 is 35.1 Å². The molecule has 26 heavy (non-hydrogen) atoms. The van der Waals surface area contributed by atoms with E-state index in [2.05, 4.69) is 15.6 Å². The number of carbonyl (C=O) groups is 3. The largest absolute Gasteiger partial charge is 0.480 e. The number of hydrogen-bond donors (Lipinski definition) is 3. The van der Waals surface area contributed by atoms with Gasteiger partial charge in [0.25, 0.3) is 0 Å². The van der Waals surface area contributed by atoms with Crippen molar-refractivity contribution in [1.29, 1.82) is 0 Å². The average Bonchev–Trinajstić information content (AvgIpc) is 2.47. The molecule has 0 aromatic heterocycles. The van der Waals surface area contributed by atoms with Gasteiger partial charge in [0.2, 0.25) is 0 Å². The second kappa shape index (κ2) is 7.15. The smallest absolute Gasteiger partial charge is 0.412 e. The van der Waals surface area contributed by atoms with Gasteiger partial charge < -0.3 is 15.2 Å². The molecule has 1 amide bonds. The molecule has 1 aliphatic heterocycles. The summed E-state index contributed by atoms with van der Waals surface area (Å²) in [6.07, 6.45) is -0.633. The molecule has 8 heteroatoms. The van der Waals surface area contributed by atoms with Crippen LogP contribution in [0.4, 0.5) is 16.2 Å². The number of rotatable bonds is 3. The number of carboxylic acid groups (broad SMARTS) is 1. The van der Waals surface area contributed by atoms with Gasteiger partial charge in [-0.15, -0.1) is 0 Å². The van der Waals surface area contributed by atoms with E-state index >= 15 is 0 Å². The Hall–Kier alpha value is -2.90. The summed E-state index contributed by atoms with van der Waals surface area (Å²) < 4.78 is 5.22. The molecular formula is C18H23N3O5. The van der Waals surface area contributed by atoms with Gasteiger partial charge in [-0.3, -0.25) is 14.9 Å². The number of nitrogens with zero attached hydrogens (tertiary/aromatic N) is 1. The van der Waals surface area contributed by atoms with Gasteiger partial charge in [-0.05, 0) is 52.3 Å². The maximum Gasteiger partial charge on any atom is 0.412 e. The Morgan fingerprint density at radius 1 is 1.31 bits per heavy atom. The number of carbonyl (C=O) groups excluding carboxylic acids is 2. The van der Waals surface area contributed by atoms with Gasteiger partial charge in [-0.25, -0.2) is 9.79 Å². The van der Waals surface area contributed by atoms with Gasteiger partial charge in [0.05, 0.1) is 12.1 Å². The van der Waals surface area contributed by atoms with Crippen molar-refractivity contribution in [3.05, 3.63) is 23.3 Å². The van der Waals surface area contributed by atoms with Crippen molar-refractivity contribution in [1.82, 2.24) is 5.32 Å². The molecular weight excluding hydrogens is 338 g/mol. The van der Waals surface area contributed by atoms with Crippen molar-refractivity contribution in [2.75, 3.05) is 5.32 Å². The van der Waals surface area contributed by atoms with E-state index in [0.717, 1.165) is 0 Å². The summed E-state index contributed by atoms with van der Waals surface area (Å²) in [5.74, 6) is -0.913. The van der Waals surface area contributed by atoms with Crippen molar-refractivity contribution in [3.8, 4) is 0 Å². The van der Waals surface area contributed by atoms with Crippen LogP contribution in [0.5, 0.6) is 0 Å². The zero-order valence-electron chi connectivity index (χ0n) is 15.5. The number of anilines is 1. The molecule has 0 aliphatic carbocycles. The third-order valence-corrected chi connectivity index (χ3v) is 3.69. The molecule has 0 unspecified atom stereocenters. The number of amides is 1. The number of aliphatic carboxylic acids is 1. The van der Waals surface area contributed by atoms with Crippen LogP contribution in [-0.4, -0.2) is 40.4 Å². The second-order valence-corrected chi connectivity index (χ2v) is 7.12. The zero-order valence-corrected chi connectivity index (χ0v) is 15.5. The van der Waals surface area contributed by atoms with Crippen LogP contribution in [0.15, 0.2) is 17.1 Å². The maximum atomic E-state index is 12.5. The van der Waals surface area contributed by atoms with Crippen molar-refractivity contribution < 1.29 is 24.2 Å². The SMILES string of the molecule is Cc1c(NC(=O)OC(C)(C)C)ccc2c1C(=O)CC(N[C@@H](C)C(=O)O)=N2. The predicted molar refractivity (Wildman–Crippen MR) is 97.3 cm³/mol. The van der Waals surface area contributed by atoms with Gasteiger partial charge in [0.1, 0.15) is 17.5 Å². The Labute approximate surface area is 151 Å². The van der Waals surface area contributed by atoms with Crippen LogP contribution in [0, 0.1) is 6.92 Å². The molecule has 1 aliphatic rings. The molecule has 1 atom stereocenters. The van der Waals surface area contributed by atoms with E-state index < -0.39 is 23.7 Å². The maximum absolute atomic E-state index is 12.5. The lowest BCUT2D eigenvalue weighted by Gasteiger charge is -2.22. The van der Waals surface area contributed by atoms with Crippen LogP contribution in [0.25, 0.3) is 0 Å². The van der Waals surface area contributed by atoms with Crippen molar-refractivity contribution in [3.63, 3.8) is 0 Å². The minimum atomic E-state index is -1.03. The first-order valence-corrected chi connectivity index (χ1v) is 8.21. The van der Waals surface area contributed by atoms with Crippen LogP contribution < -0.4 is 10.6 Å². The lowest BCUT2D eigenvalue weighted by molar-refractivity contribution is -0.138. The van der Waals surface area contributed by atoms with E-state index in [4.69, 9.17) is 9.84 Å². The monoisotopic (exact) mass is 361 g/mol. The lowest BCUT2D eigenvalue weighted by atomic mass is 9.96. The molecule has 0 spiro atoms. The fourth-order valence-electron chi connectivity index (χ4n) is 2.51. The molecule has 0 radical (unpaired) electrons. The third-order valence-electron chi connectivity index (χ3n) is 3.69. The third kappa shape index (κ3) is 4.59. The summed E-state index contributed by atoms with van der Waals surface area (Å²) in [5, 5.41) is 14.3. The summed E-state index contributed by atoms with van der Waals surface area (Å²) in [6, 6.07) is 2.40. The number of carboxylic acids is 1. The minimum Gasteiger partial charge on any atom is -0.480 e. The quantitative estimate of drug-likeness (QED) is 0.762. The second-order valence-electron chi connectivity index (χ2n) is 7.12. The van der Waals surface area contributed by atoms with E-state index in [0.29, 0.717) is 28.3 Å². The van der Waals surface area contributed by atoms with Crippen LogP contribution in [-0.2, 0) is 9.53 Å². The van der Waals surface area contributed by atoms with Gasteiger partial charge in [0, 0.05) is 11.3 Å². The molecule has 0 bridgehead atoms. The molecule has 3 N–H and O–H groups in total. The number of nitrogens with one attached hydrogen (secondary N) is 2. The number of benzene rings is 1. The first-order valence-electron chi connectivity index (χ1n) is 8.21. The molecule has 140 valence electrons. The highest BCUT2D eigenvalue weighted by atomic mass is 16.6. The van der Waals surface area contributed by atoms with Crippen LogP contribution in [0.1, 0.15) is 50.0 Å². The summed E-state index contributed by atoms with van der Waals surface area (Å²) in [4.78, 5) is 39.8. The predicted octanol–water partition coefficient (Wildman–Crippen LogP) is 3.02. The van der Waals surface area contributed by atoms with Crippen LogP contribution in [0.3, 0.4) is 0 Å². The van der Waals surface area contributed by atoms with Gasteiger partial charge in [-0.1, -0.05) is 0 Å². The molecule has 0 saturated carbocycles. The molecule has 0 fully saturated rings. The molecule has 8 nitrogen and oxygen atoms in total. The Bertz CT molecular complexity index is 793. The number of aliphatic imine (C=N–C) groups is 1. The Morgan fingerprint density at radius 3 is 2.54 bits per heavy atom. The number of hydrogen-bond acceptors (Lipinski definition) is 6. The zero-order chi connectivity index (χ0) is 19.6. The molecule has 1 heterocycles. The number of amidine groups is 1. The minimum absolute atomic E-state index is 0.0264. The highest BCUT2D eigenvalue weighted by Gasteiger charge is 2.26. The number of ketones is 1. The summed E-state index contributed by atoms with van der Waals surface area (Å²) >= 11 is 0. The van der Waals surface area contributed by atoms with Gasteiger partial charge in [0.15, 0.2) is 5.78 Å². The van der Waals surface area contributed by atoms with Crippen LogP contribution in [0.2, 0.25) is 0 Å². The normalized spacial score (nSPS) is 14.8. The van der Waals surface area contributed by atoms with Gasteiger partial charge >= 0.3 is 12.1 Å². The topological polar surface area (TPSA) is 117 Å². The fourth-order valence-corrected chi connectivity index (χ4v) is 2.51. The summed E-state index contributed by atoms with van der Waals surface area (Å²) in [5.41, 5.74) is 1.28. The first-order chi connectivity index (χ1) is 12.0. The van der Waals surface area contributed by atoms with Gasteiger partial charge in [-0.2, -0.15) is 0 Å². The number of ether oxygens (including phenoxy) is 1. The van der Waals surface area contributed by atoms with E-state index in [9.17, 15) is 14.4 Å². The number of Topliss-reactive ketones (excluding diaryl/α,β-unsaturated/α-hetero) is 1. The molecule has 1 aromatic carbocycles. The van der Waals surface area contributed by atoms with E-state index in [1.54, 1.807) is 39.8 Å². The van der Waals surface area contributed by atoms with E-state index in [-0.39, 0.29) is 12.2 Å². The highest BCUT2D eigenvalue weighted by molar-refractivity contribution is 6.17. The molecule has 1 aromatic rings. The fraction of sp³-hybridized carbons (Fsp3) is 0.444.